The monoisotopic (exact) mass is 402 g/mol. The first-order chi connectivity index (χ1) is 13.3. The Morgan fingerprint density at radius 1 is 0.857 bits per heavy atom. The fraction of sp³-hybridized carbons (Fsp3) is 0.957. The van der Waals surface area contributed by atoms with Gasteiger partial charge in [-0.2, -0.15) is 0 Å². The Labute approximate surface area is 174 Å². The first-order valence-corrected chi connectivity index (χ1v) is 11.7. The normalized spacial score (nSPS) is 14.2. The van der Waals surface area contributed by atoms with E-state index in [1.165, 1.54) is 70.6 Å². The highest BCUT2D eigenvalue weighted by molar-refractivity contribution is 5.72. The van der Waals surface area contributed by atoms with E-state index in [1.54, 1.807) is 0 Å². The van der Waals surface area contributed by atoms with Gasteiger partial charge in [0.2, 0.25) is 0 Å². The molecular formula is C23H48NO4+. The van der Waals surface area contributed by atoms with Crippen molar-refractivity contribution in [2.45, 2.75) is 109 Å². The molecule has 0 aromatic carbocycles. The number of aliphatic hydroxyl groups excluding tert-OH is 1. The van der Waals surface area contributed by atoms with Crippen molar-refractivity contribution in [2.75, 3.05) is 33.9 Å². The van der Waals surface area contributed by atoms with Crippen LogP contribution in [0.25, 0.3) is 0 Å². The third kappa shape index (κ3) is 14.4. The fourth-order valence-corrected chi connectivity index (χ4v) is 3.96. The van der Waals surface area contributed by atoms with Crippen LogP contribution in [0.5, 0.6) is 0 Å². The summed E-state index contributed by atoms with van der Waals surface area (Å²) in [6, 6.07) is -0.494. The molecule has 0 heterocycles. The van der Waals surface area contributed by atoms with Crippen molar-refractivity contribution in [3.05, 3.63) is 0 Å². The van der Waals surface area contributed by atoms with E-state index in [4.69, 9.17) is 4.74 Å². The molecule has 0 rings (SSSR count). The van der Waals surface area contributed by atoms with Gasteiger partial charge in [0.1, 0.15) is 12.6 Å². The van der Waals surface area contributed by atoms with E-state index in [1.807, 2.05) is 21.0 Å². The highest BCUT2D eigenvalue weighted by Crippen LogP contribution is 2.13. The minimum atomic E-state index is -0.808. The molecule has 0 aliphatic heterocycles. The number of carboxylic acids is 1. The SMILES string of the molecule is CCCCCCCCCCCCCCOCC(O)C[N+](C)(C)C(CC)C(=O)O. The highest BCUT2D eigenvalue weighted by atomic mass is 16.5. The molecule has 168 valence electrons. The molecule has 28 heavy (non-hydrogen) atoms. The summed E-state index contributed by atoms with van der Waals surface area (Å²) in [7, 11) is 3.72. The van der Waals surface area contributed by atoms with E-state index >= 15 is 0 Å². The van der Waals surface area contributed by atoms with Crippen LogP contribution in [0.15, 0.2) is 0 Å². The van der Waals surface area contributed by atoms with Gasteiger partial charge in [-0.1, -0.05) is 84.5 Å². The number of nitrogens with zero attached hydrogens (tertiary/aromatic N) is 1. The largest absolute Gasteiger partial charge is 0.477 e. The summed E-state index contributed by atoms with van der Waals surface area (Å²) >= 11 is 0. The zero-order valence-corrected chi connectivity index (χ0v) is 19.1. The third-order valence-corrected chi connectivity index (χ3v) is 5.65. The van der Waals surface area contributed by atoms with E-state index in [0.717, 1.165) is 6.42 Å². The second-order valence-corrected chi connectivity index (χ2v) is 8.84. The molecular weight excluding hydrogens is 354 g/mol. The van der Waals surface area contributed by atoms with Gasteiger partial charge in [0.05, 0.1) is 20.7 Å². The lowest BCUT2D eigenvalue weighted by atomic mass is 10.1. The summed E-state index contributed by atoms with van der Waals surface area (Å²) in [6.07, 6.45) is 15.8. The number of hydrogen-bond acceptors (Lipinski definition) is 3. The van der Waals surface area contributed by atoms with Crippen LogP contribution in [0.3, 0.4) is 0 Å². The number of aliphatic hydroxyl groups is 1. The Hall–Kier alpha value is -0.650. The molecule has 0 saturated heterocycles. The van der Waals surface area contributed by atoms with Crippen molar-refractivity contribution in [1.29, 1.82) is 0 Å². The molecule has 0 fully saturated rings. The predicted octanol–water partition coefficient (Wildman–Crippen LogP) is 5.00. The molecule has 5 nitrogen and oxygen atoms in total. The minimum absolute atomic E-state index is 0.273. The van der Waals surface area contributed by atoms with E-state index < -0.39 is 18.1 Å². The van der Waals surface area contributed by atoms with Gasteiger partial charge in [-0.3, -0.25) is 0 Å². The van der Waals surface area contributed by atoms with Gasteiger partial charge < -0.3 is 19.4 Å². The zero-order chi connectivity index (χ0) is 21.3. The van der Waals surface area contributed by atoms with Crippen molar-refractivity contribution >= 4 is 5.97 Å². The van der Waals surface area contributed by atoms with Gasteiger partial charge in [-0.25, -0.2) is 4.79 Å². The molecule has 0 spiro atoms. The first kappa shape index (κ1) is 27.4. The maximum absolute atomic E-state index is 11.3. The number of carboxylic acid groups (broad SMARTS) is 1. The Morgan fingerprint density at radius 3 is 1.75 bits per heavy atom. The predicted molar refractivity (Wildman–Crippen MR) is 117 cm³/mol. The summed E-state index contributed by atoms with van der Waals surface area (Å²) in [6.45, 7) is 5.49. The van der Waals surface area contributed by atoms with Crippen molar-refractivity contribution < 1.29 is 24.2 Å². The van der Waals surface area contributed by atoms with Crippen LogP contribution >= 0.6 is 0 Å². The number of ether oxygens (including phenoxy) is 1. The van der Waals surface area contributed by atoms with Gasteiger partial charge in [0.25, 0.3) is 0 Å². The number of rotatable bonds is 20. The lowest BCUT2D eigenvalue weighted by molar-refractivity contribution is -0.909. The van der Waals surface area contributed by atoms with Crippen LogP contribution in [0.2, 0.25) is 0 Å². The Balaban J connectivity index is 3.54. The average Bonchev–Trinajstić information content (AvgIpc) is 2.61. The number of carbonyl (C=O) groups is 1. The number of unbranched alkanes of at least 4 members (excludes halogenated alkanes) is 11. The number of hydrogen-bond donors (Lipinski definition) is 2. The van der Waals surface area contributed by atoms with Gasteiger partial charge in [0, 0.05) is 13.0 Å². The second kappa shape index (κ2) is 17.2. The molecule has 2 unspecified atom stereocenters. The molecule has 0 aliphatic carbocycles. The molecule has 0 aliphatic rings. The van der Waals surface area contributed by atoms with Crippen LogP contribution in [0.4, 0.5) is 0 Å². The Morgan fingerprint density at radius 2 is 1.32 bits per heavy atom. The van der Waals surface area contributed by atoms with Crippen LogP contribution in [-0.2, 0) is 9.53 Å². The molecule has 2 N–H and O–H groups in total. The second-order valence-electron chi connectivity index (χ2n) is 8.84. The van der Waals surface area contributed by atoms with Crippen molar-refractivity contribution in [3.8, 4) is 0 Å². The number of quaternary nitrogens is 1. The molecule has 0 saturated carbocycles. The fourth-order valence-electron chi connectivity index (χ4n) is 3.96. The van der Waals surface area contributed by atoms with Crippen LogP contribution < -0.4 is 0 Å². The summed E-state index contributed by atoms with van der Waals surface area (Å²) in [5.74, 6) is -0.808. The lowest BCUT2D eigenvalue weighted by Gasteiger charge is -2.36. The van der Waals surface area contributed by atoms with E-state index in [9.17, 15) is 15.0 Å². The molecule has 5 heteroatoms. The molecule has 0 bridgehead atoms. The van der Waals surface area contributed by atoms with Crippen LogP contribution in [-0.4, -0.2) is 66.7 Å². The standard InChI is InChI=1S/C23H47NO4/c1-5-7-8-9-10-11-12-13-14-15-16-17-18-28-20-21(25)19-24(3,4)22(6-2)23(26)27/h21-22,25H,5-20H2,1-4H3/p+1. The van der Waals surface area contributed by atoms with Crippen LogP contribution in [0.1, 0.15) is 97.3 Å². The van der Waals surface area contributed by atoms with E-state index in [-0.39, 0.29) is 11.1 Å². The third-order valence-electron chi connectivity index (χ3n) is 5.65. The van der Waals surface area contributed by atoms with Gasteiger partial charge in [-0.15, -0.1) is 0 Å². The number of likely N-dealkylation sites (N-methyl/N-ethyl adjacent to an activating group) is 1. The van der Waals surface area contributed by atoms with Crippen LogP contribution in [0, 0.1) is 0 Å². The summed E-state index contributed by atoms with van der Waals surface area (Å²) in [5.41, 5.74) is 0. The van der Waals surface area contributed by atoms with Crippen molar-refractivity contribution in [3.63, 3.8) is 0 Å². The molecule has 2 atom stereocenters. The van der Waals surface area contributed by atoms with Gasteiger partial charge >= 0.3 is 5.97 Å². The maximum atomic E-state index is 11.3. The minimum Gasteiger partial charge on any atom is -0.477 e. The first-order valence-electron chi connectivity index (χ1n) is 11.7. The maximum Gasteiger partial charge on any atom is 0.362 e. The topological polar surface area (TPSA) is 66.8 Å². The summed E-state index contributed by atoms with van der Waals surface area (Å²) < 4.78 is 5.87. The van der Waals surface area contributed by atoms with E-state index in [0.29, 0.717) is 19.6 Å². The van der Waals surface area contributed by atoms with Crippen molar-refractivity contribution in [1.82, 2.24) is 0 Å². The van der Waals surface area contributed by atoms with Crippen molar-refractivity contribution in [2.24, 2.45) is 0 Å². The summed E-state index contributed by atoms with van der Waals surface area (Å²) in [5, 5.41) is 19.5. The van der Waals surface area contributed by atoms with Gasteiger partial charge in [0.15, 0.2) is 6.04 Å². The smallest absolute Gasteiger partial charge is 0.362 e. The molecule has 0 amide bonds. The average molecular weight is 403 g/mol. The molecule has 0 radical (unpaired) electrons. The Kier molecular flexibility index (Phi) is 16.8. The highest BCUT2D eigenvalue weighted by Gasteiger charge is 2.34. The molecule has 0 aromatic rings. The Bertz CT molecular complexity index is 374. The summed E-state index contributed by atoms with van der Waals surface area (Å²) in [4.78, 5) is 11.3. The van der Waals surface area contributed by atoms with Gasteiger partial charge in [-0.05, 0) is 6.42 Å². The quantitative estimate of drug-likeness (QED) is 0.222. The zero-order valence-electron chi connectivity index (χ0n) is 19.1. The van der Waals surface area contributed by atoms with E-state index in [2.05, 4.69) is 6.92 Å². The number of aliphatic carboxylic acids is 1. The molecule has 0 aromatic heterocycles. The lowest BCUT2D eigenvalue weighted by Crippen LogP contribution is -2.56.